The van der Waals surface area contributed by atoms with Gasteiger partial charge in [-0.15, -0.1) is 11.3 Å². The molecule has 0 saturated carbocycles. The Morgan fingerprint density at radius 1 is 1.12 bits per heavy atom. The molecule has 5 rings (SSSR count). The first-order valence-electron chi connectivity index (χ1n) is 12.6. The number of halogens is 3. The fourth-order valence-electron chi connectivity index (χ4n) is 6.34. The maximum absolute atomic E-state index is 12.9. The number of fused-ring (bicyclic) bond motifs is 1. The van der Waals surface area contributed by atoms with E-state index in [0.29, 0.717) is 21.7 Å². The van der Waals surface area contributed by atoms with Crippen molar-refractivity contribution in [2.24, 2.45) is 17.3 Å². The quantitative estimate of drug-likeness (QED) is 0.560. The molecule has 3 saturated heterocycles. The van der Waals surface area contributed by atoms with Gasteiger partial charge in [0.1, 0.15) is 17.0 Å². The third-order valence-corrected chi connectivity index (χ3v) is 9.24. The number of hydrogen-bond acceptors (Lipinski definition) is 6. The zero-order valence-electron chi connectivity index (χ0n) is 20.4. The SMILES string of the molecule is CC(C)C(CC1CCN(C)CC1)N1CC2(CCN(c3ncnc4sc(CC(F)(F)F)cc34)C2)C1. The lowest BCUT2D eigenvalue weighted by molar-refractivity contribution is -0.126. The van der Waals surface area contributed by atoms with E-state index in [1.54, 1.807) is 6.07 Å². The molecule has 188 valence electrons. The summed E-state index contributed by atoms with van der Waals surface area (Å²) >= 11 is 1.13. The zero-order valence-corrected chi connectivity index (χ0v) is 21.3. The molecule has 0 aliphatic carbocycles. The maximum atomic E-state index is 12.9. The van der Waals surface area contributed by atoms with Gasteiger partial charge in [-0.1, -0.05) is 13.8 Å². The van der Waals surface area contributed by atoms with Crippen LogP contribution in [0.5, 0.6) is 0 Å². The Labute approximate surface area is 204 Å². The van der Waals surface area contributed by atoms with Gasteiger partial charge in [0.2, 0.25) is 0 Å². The van der Waals surface area contributed by atoms with Crippen molar-refractivity contribution >= 4 is 27.4 Å². The molecule has 5 heterocycles. The summed E-state index contributed by atoms with van der Waals surface area (Å²) in [5.41, 5.74) is 0.280. The Bertz CT molecular complexity index is 992. The van der Waals surface area contributed by atoms with Crippen LogP contribution in [0.2, 0.25) is 0 Å². The monoisotopic (exact) mass is 495 g/mol. The van der Waals surface area contributed by atoms with E-state index in [4.69, 9.17) is 0 Å². The molecular formula is C25H36F3N5S. The smallest absolute Gasteiger partial charge is 0.355 e. The van der Waals surface area contributed by atoms with Crippen molar-refractivity contribution in [1.82, 2.24) is 19.8 Å². The number of aromatic nitrogens is 2. The summed E-state index contributed by atoms with van der Waals surface area (Å²) in [5, 5.41) is 0.766. The summed E-state index contributed by atoms with van der Waals surface area (Å²) in [4.78, 5) is 17.1. The summed E-state index contributed by atoms with van der Waals surface area (Å²) < 4.78 is 38.7. The molecule has 2 aromatic heterocycles. The van der Waals surface area contributed by atoms with Crippen LogP contribution in [-0.2, 0) is 6.42 Å². The first kappa shape index (κ1) is 24.3. The van der Waals surface area contributed by atoms with Gasteiger partial charge in [0, 0.05) is 42.5 Å². The van der Waals surface area contributed by atoms with Crippen LogP contribution in [0.4, 0.5) is 19.0 Å². The number of nitrogens with zero attached hydrogens (tertiary/aromatic N) is 5. The highest BCUT2D eigenvalue weighted by Crippen LogP contribution is 2.45. The van der Waals surface area contributed by atoms with Crippen LogP contribution in [0.25, 0.3) is 10.2 Å². The largest absolute Gasteiger partial charge is 0.393 e. The third kappa shape index (κ3) is 5.07. The average molecular weight is 496 g/mol. The van der Waals surface area contributed by atoms with Gasteiger partial charge >= 0.3 is 6.18 Å². The van der Waals surface area contributed by atoms with Crippen LogP contribution in [0, 0.1) is 17.3 Å². The maximum Gasteiger partial charge on any atom is 0.393 e. The molecule has 3 aliphatic rings. The van der Waals surface area contributed by atoms with E-state index in [-0.39, 0.29) is 5.41 Å². The molecule has 0 aromatic carbocycles. The Hall–Kier alpha value is -1.45. The summed E-state index contributed by atoms with van der Waals surface area (Å²) in [5.74, 6) is 2.28. The summed E-state index contributed by atoms with van der Waals surface area (Å²) in [6.07, 6.45) is 1.44. The molecule has 0 bridgehead atoms. The van der Waals surface area contributed by atoms with E-state index in [1.165, 1.54) is 38.7 Å². The normalized spacial score (nSPS) is 23.3. The predicted molar refractivity (Wildman–Crippen MR) is 131 cm³/mol. The molecule has 0 amide bonds. The Kier molecular flexibility index (Phi) is 6.57. The van der Waals surface area contributed by atoms with Crippen molar-refractivity contribution in [1.29, 1.82) is 0 Å². The summed E-state index contributed by atoms with van der Waals surface area (Å²) in [6, 6.07) is 2.29. The standard InChI is InChI=1S/C25H36F3N5S/c1-17(2)21(10-18-4-7-31(3)8-5-18)33-14-24(15-33)6-9-32(13-24)22-20-11-19(12-25(26,27)28)34-23(20)30-16-29-22/h11,16-18,21H,4-10,12-15H2,1-3H3. The van der Waals surface area contributed by atoms with Gasteiger partial charge in [0.25, 0.3) is 0 Å². The predicted octanol–water partition coefficient (Wildman–Crippen LogP) is 5.06. The molecule has 3 fully saturated rings. The van der Waals surface area contributed by atoms with Gasteiger partial charge in [-0.2, -0.15) is 13.2 Å². The molecule has 0 radical (unpaired) electrons. The second-order valence-corrected chi connectivity index (χ2v) is 12.4. The second-order valence-electron chi connectivity index (χ2n) is 11.3. The zero-order chi connectivity index (χ0) is 24.1. The van der Waals surface area contributed by atoms with Gasteiger partial charge in [-0.25, -0.2) is 9.97 Å². The topological polar surface area (TPSA) is 35.5 Å². The molecule has 34 heavy (non-hydrogen) atoms. The molecule has 9 heteroatoms. The number of anilines is 1. The number of alkyl halides is 3. The summed E-state index contributed by atoms with van der Waals surface area (Å²) in [6.45, 7) is 11.2. The lowest BCUT2D eigenvalue weighted by atomic mass is 9.75. The minimum Gasteiger partial charge on any atom is -0.355 e. The van der Waals surface area contributed by atoms with Crippen molar-refractivity contribution in [2.45, 2.75) is 58.2 Å². The van der Waals surface area contributed by atoms with Crippen LogP contribution in [0.1, 0.15) is 44.4 Å². The van der Waals surface area contributed by atoms with Crippen LogP contribution in [-0.4, -0.2) is 78.3 Å². The molecule has 2 aromatic rings. The Morgan fingerprint density at radius 2 is 1.85 bits per heavy atom. The van der Waals surface area contributed by atoms with E-state index in [2.05, 4.69) is 45.6 Å². The van der Waals surface area contributed by atoms with Gasteiger partial charge in [-0.05, 0) is 63.7 Å². The van der Waals surface area contributed by atoms with Gasteiger partial charge in [0.15, 0.2) is 0 Å². The van der Waals surface area contributed by atoms with E-state index in [0.717, 1.165) is 61.1 Å². The minimum absolute atomic E-state index is 0.280. The van der Waals surface area contributed by atoms with Crippen molar-refractivity contribution < 1.29 is 13.2 Å². The fraction of sp³-hybridized carbons (Fsp3) is 0.760. The van der Waals surface area contributed by atoms with Crippen LogP contribution in [0.15, 0.2) is 12.4 Å². The molecule has 0 N–H and O–H groups in total. The van der Waals surface area contributed by atoms with Gasteiger partial charge in [0.05, 0.1) is 11.8 Å². The molecule has 3 aliphatic heterocycles. The van der Waals surface area contributed by atoms with E-state index >= 15 is 0 Å². The highest BCUT2D eigenvalue weighted by molar-refractivity contribution is 7.18. The average Bonchev–Trinajstić information content (AvgIpc) is 3.35. The number of hydrogen-bond donors (Lipinski definition) is 0. The van der Waals surface area contributed by atoms with Crippen LogP contribution < -0.4 is 4.90 Å². The summed E-state index contributed by atoms with van der Waals surface area (Å²) in [7, 11) is 2.22. The van der Waals surface area contributed by atoms with Crippen molar-refractivity contribution in [3.8, 4) is 0 Å². The lowest BCUT2D eigenvalue weighted by Gasteiger charge is -2.53. The number of rotatable bonds is 6. The molecule has 1 atom stereocenters. The first-order chi connectivity index (χ1) is 16.1. The van der Waals surface area contributed by atoms with E-state index in [9.17, 15) is 13.2 Å². The van der Waals surface area contributed by atoms with Gasteiger partial charge < -0.3 is 9.80 Å². The molecular weight excluding hydrogens is 459 g/mol. The molecule has 5 nitrogen and oxygen atoms in total. The van der Waals surface area contributed by atoms with E-state index in [1.807, 2.05) is 0 Å². The lowest BCUT2D eigenvalue weighted by Crippen LogP contribution is -2.62. The number of thiophene rings is 1. The van der Waals surface area contributed by atoms with Crippen LogP contribution in [0.3, 0.4) is 0 Å². The number of likely N-dealkylation sites (tertiary alicyclic amines) is 2. The first-order valence-corrected chi connectivity index (χ1v) is 13.4. The minimum atomic E-state index is -4.21. The van der Waals surface area contributed by atoms with Crippen molar-refractivity contribution in [3.63, 3.8) is 0 Å². The van der Waals surface area contributed by atoms with Gasteiger partial charge in [-0.3, -0.25) is 4.90 Å². The van der Waals surface area contributed by atoms with Crippen molar-refractivity contribution in [3.05, 3.63) is 17.3 Å². The van der Waals surface area contributed by atoms with Crippen molar-refractivity contribution in [2.75, 3.05) is 51.2 Å². The Morgan fingerprint density at radius 3 is 2.53 bits per heavy atom. The molecule has 1 unspecified atom stereocenters. The highest BCUT2D eigenvalue weighted by atomic mass is 32.1. The Balaban J connectivity index is 1.24. The fourth-order valence-corrected chi connectivity index (χ4v) is 7.36. The highest BCUT2D eigenvalue weighted by Gasteiger charge is 2.50. The van der Waals surface area contributed by atoms with Crippen LogP contribution >= 0.6 is 11.3 Å². The number of piperidine rings is 1. The molecule has 1 spiro atoms. The second kappa shape index (κ2) is 9.21. The van der Waals surface area contributed by atoms with E-state index < -0.39 is 12.6 Å². The third-order valence-electron chi connectivity index (χ3n) is 8.20.